The van der Waals surface area contributed by atoms with Crippen molar-refractivity contribution in [1.82, 2.24) is 5.32 Å². The Hall–Kier alpha value is -1.49. The minimum atomic E-state index is -0.807. The summed E-state index contributed by atoms with van der Waals surface area (Å²) in [6.07, 6.45) is 3.25. The Balaban J connectivity index is 1.91. The third-order valence-electron chi connectivity index (χ3n) is 4.18. The van der Waals surface area contributed by atoms with E-state index in [-0.39, 0.29) is 17.8 Å². The first-order valence-electron chi connectivity index (χ1n) is 8.24. The van der Waals surface area contributed by atoms with Crippen LogP contribution in [0.1, 0.15) is 39.5 Å². The summed E-state index contributed by atoms with van der Waals surface area (Å²) in [5, 5.41) is 2.99. The van der Waals surface area contributed by atoms with E-state index in [2.05, 4.69) is 5.32 Å². The number of hydrogen-bond acceptors (Lipinski definition) is 4. The van der Waals surface area contributed by atoms with Gasteiger partial charge in [-0.3, -0.25) is 4.79 Å². The zero-order valence-corrected chi connectivity index (χ0v) is 14.7. The van der Waals surface area contributed by atoms with Crippen LogP contribution < -0.4 is 5.32 Å². The number of rotatable bonds is 7. The summed E-state index contributed by atoms with van der Waals surface area (Å²) in [6.45, 7) is 4.04. The van der Waals surface area contributed by atoms with Gasteiger partial charge in [0.15, 0.2) is 0 Å². The Bertz CT molecular complexity index is 526. The quantitative estimate of drug-likeness (QED) is 0.613. The summed E-state index contributed by atoms with van der Waals surface area (Å²) >= 11 is 1.66. The van der Waals surface area contributed by atoms with Gasteiger partial charge < -0.3 is 10.1 Å². The molecule has 0 aromatic heterocycles. The van der Waals surface area contributed by atoms with Gasteiger partial charge in [-0.15, -0.1) is 11.8 Å². The minimum absolute atomic E-state index is 0.0663. The van der Waals surface area contributed by atoms with Gasteiger partial charge in [0.05, 0.1) is 6.61 Å². The predicted octanol–water partition coefficient (Wildman–Crippen LogP) is 3.41. The van der Waals surface area contributed by atoms with E-state index in [4.69, 9.17) is 4.74 Å². The van der Waals surface area contributed by atoms with Gasteiger partial charge in [-0.1, -0.05) is 38.0 Å². The van der Waals surface area contributed by atoms with Gasteiger partial charge in [0.2, 0.25) is 5.91 Å². The van der Waals surface area contributed by atoms with Gasteiger partial charge in [0.25, 0.3) is 0 Å². The zero-order chi connectivity index (χ0) is 16.7. The SMILES string of the molecule is CCOC(=O)C1(NC(=O)C(C)CSc2ccccc2)CCCC1. The van der Waals surface area contributed by atoms with E-state index in [1.54, 1.807) is 18.7 Å². The number of thioether (sulfide) groups is 1. The van der Waals surface area contributed by atoms with Gasteiger partial charge >= 0.3 is 5.97 Å². The van der Waals surface area contributed by atoms with E-state index in [0.717, 1.165) is 17.7 Å². The summed E-state index contributed by atoms with van der Waals surface area (Å²) in [7, 11) is 0. The first kappa shape index (κ1) is 17.9. The Labute approximate surface area is 142 Å². The number of carbonyl (C=O) groups excluding carboxylic acids is 2. The van der Waals surface area contributed by atoms with Crippen molar-refractivity contribution in [1.29, 1.82) is 0 Å². The second kappa shape index (κ2) is 8.39. The van der Waals surface area contributed by atoms with Crippen molar-refractivity contribution in [3.8, 4) is 0 Å². The maximum atomic E-state index is 12.5. The van der Waals surface area contributed by atoms with Gasteiger partial charge in [-0.05, 0) is 31.9 Å². The predicted molar refractivity (Wildman–Crippen MR) is 92.3 cm³/mol. The molecule has 0 aliphatic heterocycles. The molecule has 5 heteroatoms. The van der Waals surface area contributed by atoms with Crippen LogP contribution in [0, 0.1) is 5.92 Å². The van der Waals surface area contributed by atoms with Crippen molar-refractivity contribution in [2.45, 2.75) is 50.0 Å². The molecule has 23 heavy (non-hydrogen) atoms. The molecule has 0 bridgehead atoms. The van der Waals surface area contributed by atoms with Crippen LogP contribution in [0.5, 0.6) is 0 Å². The van der Waals surface area contributed by atoms with E-state index in [0.29, 0.717) is 25.2 Å². The van der Waals surface area contributed by atoms with Crippen LogP contribution in [0.15, 0.2) is 35.2 Å². The molecule has 126 valence electrons. The standard InChI is InChI=1S/C18H25NO3S/c1-3-22-17(21)18(11-7-8-12-18)19-16(20)14(2)13-23-15-9-5-4-6-10-15/h4-6,9-10,14H,3,7-8,11-13H2,1-2H3,(H,19,20). The number of carbonyl (C=O) groups is 2. The van der Waals surface area contributed by atoms with Gasteiger partial charge in [0, 0.05) is 16.6 Å². The topological polar surface area (TPSA) is 55.4 Å². The molecular formula is C18H25NO3S. The lowest BCUT2D eigenvalue weighted by Gasteiger charge is -2.29. The Morgan fingerprint density at radius 1 is 1.26 bits per heavy atom. The molecule has 1 atom stereocenters. The molecule has 4 nitrogen and oxygen atoms in total. The number of esters is 1. The first-order chi connectivity index (χ1) is 11.1. The highest BCUT2D eigenvalue weighted by atomic mass is 32.2. The lowest BCUT2D eigenvalue weighted by Crippen LogP contribution is -2.54. The van der Waals surface area contributed by atoms with E-state index >= 15 is 0 Å². The zero-order valence-electron chi connectivity index (χ0n) is 13.8. The monoisotopic (exact) mass is 335 g/mol. The molecule has 1 N–H and O–H groups in total. The van der Waals surface area contributed by atoms with Crippen LogP contribution in [0.2, 0.25) is 0 Å². The van der Waals surface area contributed by atoms with Crippen molar-refractivity contribution in [3.63, 3.8) is 0 Å². The second-order valence-electron chi connectivity index (χ2n) is 6.02. The van der Waals surface area contributed by atoms with E-state index in [1.807, 2.05) is 37.3 Å². The highest BCUT2D eigenvalue weighted by molar-refractivity contribution is 7.99. The Morgan fingerprint density at radius 2 is 1.91 bits per heavy atom. The molecule has 0 radical (unpaired) electrons. The van der Waals surface area contributed by atoms with Crippen LogP contribution in [0.25, 0.3) is 0 Å². The number of hydrogen-bond donors (Lipinski definition) is 1. The smallest absolute Gasteiger partial charge is 0.331 e. The molecule has 0 heterocycles. The minimum Gasteiger partial charge on any atom is -0.464 e. The molecule has 1 aromatic carbocycles. The highest BCUT2D eigenvalue weighted by Crippen LogP contribution is 2.31. The lowest BCUT2D eigenvalue weighted by molar-refractivity contribution is -0.153. The van der Waals surface area contributed by atoms with Gasteiger partial charge in [-0.25, -0.2) is 4.79 Å². The molecule has 0 saturated heterocycles. The molecule has 0 spiro atoms. The van der Waals surface area contributed by atoms with E-state index in [9.17, 15) is 9.59 Å². The largest absolute Gasteiger partial charge is 0.464 e. The average molecular weight is 335 g/mol. The average Bonchev–Trinajstić information content (AvgIpc) is 3.03. The molecule has 1 aromatic rings. The highest BCUT2D eigenvalue weighted by Gasteiger charge is 2.44. The maximum absolute atomic E-state index is 12.5. The van der Waals surface area contributed by atoms with E-state index < -0.39 is 5.54 Å². The molecule has 1 unspecified atom stereocenters. The fraction of sp³-hybridized carbons (Fsp3) is 0.556. The van der Waals surface area contributed by atoms with Crippen molar-refractivity contribution < 1.29 is 14.3 Å². The lowest BCUT2D eigenvalue weighted by atomic mass is 9.96. The summed E-state index contributed by atoms with van der Waals surface area (Å²) in [5.41, 5.74) is -0.807. The van der Waals surface area contributed by atoms with E-state index in [1.165, 1.54) is 0 Å². The molecule has 1 amide bonds. The van der Waals surface area contributed by atoms with Crippen molar-refractivity contribution in [2.24, 2.45) is 5.92 Å². The van der Waals surface area contributed by atoms with Crippen LogP contribution in [-0.2, 0) is 14.3 Å². The van der Waals surface area contributed by atoms with Crippen molar-refractivity contribution in [2.75, 3.05) is 12.4 Å². The number of benzene rings is 1. The third kappa shape index (κ3) is 4.74. The van der Waals surface area contributed by atoms with Crippen LogP contribution >= 0.6 is 11.8 Å². The third-order valence-corrected chi connectivity index (χ3v) is 5.45. The van der Waals surface area contributed by atoms with Crippen LogP contribution in [0.3, 0.4) is 0 Å². The summed E-state index contributed by atoms with van der Waals surface area (Å²) in [5.74, 6) is 0.179. The maximum Gasteiger partial charge on any atom is 0.331 e. The van der Waals surface area contributed by atoms with Crippen LogP contribution in [-0.4, -0.2) is 29.8 Å². The normalized spacial score (nSPS) is 17.5. The van der Waals surface area contributed by atoms with Gasteiger partial charge in [0.1, 0.15) is 5.54 Å². The van der Waals surface area contributed by atoms with Crippen molar-refractivity contribution in [3.05, 3.63) is 30.3 Å². The van der Waals surface area contributed by atoms with Crippen LogP contribution in [0.4, 0.5) is 0 Å². The summed E-state index contributed by atoms with van der Waals surface area (Å²) in [4.78, 5) is 25.9. The summed E-state index contributed by atoms with van der Waals surface area (Å²) in [6, 6.07) is 10.0. The van der Waals surface area contributed by atoms with Crippen molar-refractivity contribution >= 4 is 23.6 Å². The molecule has 1 aliphatic rings. The molecule has 1 saturated carbocycles. The number of ether oxygens (including phenoxy) is 1. The summed E-state index contributed by atoms with van der Waals surface area (Å²) < 4.78 is 5.18. The fourth-order valence-corrected chi connectivity index (χ4v) is 3.74. The molecule has 1 fully saturated rings. The number of amides is 1. The van der Waals surface area contributed by atoms with Gasteiger partial charge in [-0.2, -0.15) is 0 Å². The second-order valence-corrected chi connectivity index (χ2v) is 7.12. The molecule has 1 aliphatic carbocycles. The molecule has 2 rings (SSSR count). The molecular weight excluding hydrogens is 310 g/mol. The number of nitrogens with one attached hydrogen (secondary N) is 1. The Morgan fingerprint density at radius 3 is 2.52 bits per heavy atom. The Kier molecular flexibility index (Phi) is 6.51. The first-order valence-corrected chi connectivity index (χ1v) is 9.23. The fourth-order valence-electron chi connectivity index (χ4n) is 2.80.